The van der Waals surface area contributed by atoms with Crippen molar-refractivity contribution in [3.05, 3.63) is 47.0 Å². The predicted molar refractivity (Wildman–Crippen MR) is 123 cm³/mol. The Morgan fingerprint density at radius 1 is 1.00 bits per heavy atom. The van der Waals surface area contributed by atoms with Crippen molar-refractivity contribution in [2.45, 2.75) is 61.7 Å². The smallest absolute Gasteiger partial charge is 0.320 e. The van der Waals surface area contributed by atoms with E-state index in [4.69, 9.17) is 9.72 Å². The number of benzene rings is 1. The number of carbonyl (C=O) groups excluding carboxylic acids is 2. The van der Waals surface area contributed by atoms with Gasteiger partial charge in [0.15, 0.2) is 5.82 Å². The minimum Gasteiger partial charge on any atom is -0.468 e. The molecule has 7 rings (SSSR count). The SMILES string of the molecule is COC(=O)C1(c2ccc(C3CN(C(=O)N4CC5(CC(c6n[nH]c(C7CC7)n6)C5)C4)C3)cc2)CC1. The zero-order chi connectivity index (χ0) is 23.1. The number of carbonyl (C=O) groups is 2. The van der Waals surface area contributed by atoms with Crippen LogP contribution in [0.15, 0.2) is 24.3 Å². The Kier molecular flexibility index (Phi) is 4.25. The Morgan fingerprint density at radius 2 is 1.71 bits per heavy atom. The molecule has 8 heteroatoms. The van der Waals surface area contributed by atoms with Crippen LogP contribution in [-0.2, 0) is 14.9 Å². The molecule has 3 saturated carbocycles. The number of aromatic amines is 1. The summed E-state index contributed by atoms with van der Waals surface area (Å²) in [5.41, 5.74) is 2.16. The number of nitrogens with zero attached hydrogens (tertiary/aromatic N) is 4. The van der Waals surface area contributed by atoms with Crippen molar-refractivity contribution in [1.29, 1.82) is 0 Å². The van der Waals surface area contributed by atoms with Gasteiger partial charge in [-0.2, -0.15) is 5.10 Å². The number of hydrogen-bond donors (Lipinski definition) is 1. The second-order valence-corrected chi connectivity index (χ2v) is 11.4. The lowest BCUT2D eigenvalue weighted by atomic mass is 9.57. The van der Waals surface area contributed by atoms with Crippen LogP contribution in [0.25, 0.3) is 0 Å². The van der Waals surface area contributed by atoms with Crippen molar-refractivity contribution in [1.82, 2.24) is 25.0 Å². The first kappa shape index (κ1) is 20.5. The average molecular weight is 462 g/mol. The Bertz CT molecular complexity index is 1130. The number of nitrogens with one attached hydrogen (secondary N) is 1. The number of hydrogen-bond acceptors (Lipinski definition) is 5. The van der Waals surface area contributed by atoms with Crippen LogP contribution in [0.4, 0.5) is 4.79 Å². The van der Waals surface area contributed by atoms with Gasteiger partial charge in [0.2, 0.25) is 0 Å². The zero-order valence-corrected chi connectivity index (χ0v) is 19.6. The van der Waals surface area contributed by atoms with E-state index in [1.54, 1.807) is 0 Å². The lowest BCUT2D eigenvalue weighted by Crippen LogP contribution is -2.67. The summed E-state index contributed by atoms with van der Waals surface area (Å²) < 4.78 is 4.99. The summed E-state index contributed by atoms with van der Waals surface area (Å²) in [4.78, 5) is 33.7. The molecular weight excluding hydrogens is 430 g/mol. The third-order valence-electron chi connectivity index (χ3n) is 8.94. The highest BCUT2D eigenvalue weighted by Crippen LogP contribution is 2.56. The molecule has 0 atom stereocenters. The minimum absolute atomic E-state index is 0.130. The molecule has 3 heterocycles. The molecule has 8 nitrogen and oxygen atoms in total. The molecule has 0 bridgehead atoms. The maximum atomic E-state index is 12.9. The molecule has 1 aromatic carbocycles. The molecule has 0 unspecified atom stereocenters. The van der Waals surface area contributed by atoms with Crippen LogP contribution in [0.1, 0.15) is 79.1 Å². The summed E-state index contributed by atoms with van der Waals surface area (Å²) in [5.74, 6) is 3.36. The quantitative estimate of drug-likeness (QED) is 0.690. The number of methoxy groups -OCH3 is 1. The number of H-pyrrole nitrogens is 1. The molecule has 34 heavy (non-hydrogen) atoms. The van der Waals surface area contributed by atoms with Gasteiger partial charge in [0, 0.05) is 49.3 Å². The van der Waals surface area contributed by atoms with Gasteiger partial charge in [-0.05, 0) is 49.7 Å². The number of urea groups is 1. The summed E-state index contributed by atoms with van der Waals surface area (Å²) in [6.07, 6.45) is 6.39. The van der Waals surface area contributed by atoms with E-state index in [0.29, 0.717) is 23.2 Å². The molecule has 0 radical (unpaired) electrons. The standard InChI is InChI=1S/C26H31N5O3/c1-34-23(32)26(8-9-26)20-6-4-16(5-7-20)19-12-30(13-19)24(33)31-14-25(15-31)10-18(11-25)22-27-21(28-29-22)17-2-3-17/h4-7,17-19H,2-3,8-15H2,1H3,(H,27,28,29). The molecular formula is C26H31N5O3. The fourth-order valence-electron chi connectivity index (χ4n) is 6.39. The molecule has 1 aromatic heterocycles. The Hall–Kier alpha value is -2.90. The third kappa shape index (κ3) is 3.10. The van der Waals surface area contributed by atoms with Crippen LogP contribution in [0.3, 0.4) is 0 Å². The van der Waals surface area contributed by atoms with Crippen LogP contribution >= 0.6 is 0 Å². The van der Waals surface area contributed by atoms with E-state index in [1.165, 1.54) is 25.5 Å². The van der Waals surface area contributed by atoms with Gasteiger partial charge in [-0.25, -0.2) is 9.78 Å². The first-order valence-electron chi connectivity index (χ1n) is 12.6. The van der Waals surface area contributed by atoms with Crippen LogP contribution in [0.5, 0.6) is 0 Å². The van der Waals surface area contributed by atoms with E-state index in [-0.39, 0.29) is 12.0 Å². The summed E-state index contributed by atoms with van der Waals surface area (Å²) >= 11 is 0. The Balaban J connectivity index is 0.890. The van der Waals surface area contributed by atoms with Gasteiger partial charge in [0.1, 0.15) is 5.82 Å². The van der Waals surface area contributed by atoms with Crippen LogP contribution in [0, 0.1) is 5.41 Å². The van der Waals surface area contributed by atoms with Gasteiger partial charge in [-0.3, -0.25) is 9.89 Å². The fourth-order valence-corrected chi connectivity index (χ4v) is 6.39. The van der Waals surface area contributed by atoms with Gasteiger partial charge < -0.3 is 14.5 Å². The Labute approximate surface area is 199 Å². The summed E-state index contributed by atoms with van der Waals surface area (Å²) in [7, 11) is 1.46. The number of rotatable bonds is 5. The first-order chi connectivity index (χ1) is 16.5. The topological polar surface area (TPSA) is 91.4 Å². The first-order valence-corrected chi connectivity index (χ1v) is 12.6. The summed E-state index contributed by atoms with van der Waals surface area (Å²) in [6.45, 7) is 3.28. The molecule has 2 aliphatic heterocycles. The van der Waals surface area contributed by atoms with Gasteiger partial charge in [-0.1, -0.05) is 24.3 Å². The molecule has 1 spiro atoms. The second kappa shape index (κ2) is 7.06. The van der Waals surface area contributed by atoms with Gasteiger partial charge >= 0.3 is 12.0 Å². The highest BCUT2D eigenvalue weighted by atomic mass is 16.5. The van der Waals surface area contributed by atoms with Gasteiger partial charge in [0.05, 0.1) is 12.5 Å². The van der Waals surface area contributed by atoms with E-state index in [2.05, 4.69) is 34.5 Å². The largest absolute Gasteiger partial charge is 0.468 e. The van der Waals surface area contributed by atoms with Crippen molar-refractivity contribution in [2.75, 3.05) is 33.3 Å². The van der Waals surface area contributed by atoms with E-state index in [0.717, 1.165) is 69.1 Å². The minimum atomic E-state index is -0.421. The van der Waals surface area contributed by atoms with Crippen molar-refractivity contribution in [3.63, 3.8) is 0 Å². The monoisotopic (exact) mass is 461 g/mol. The van der Waals surface area contributed by atoms with Crippen LogP contribution < -0.4 is 0 Å². The Morgan fingerprint density at radius 3 is 2.32 bits per heavy atom. The molecule has 2 saturated heterocycles. The number of amides is 2. The summed E-state index contributed by atoms with van der Waals surface area (Å²) in [6, 6.07) is 8.55. The lowest BCUT2D eigenvalue weighted by molar-refractivity contribution is -0.143. The van der Waals surface area contributed by atoms with Crippen molar-refractivity contribution in [2.24, 2.45) is 5.41 Å². The molecule has 5 fully saturated rings. The number of likely N-dealkylation sites (tertiary alicyclic amines) is 2. The van der Waals surface area contributed by atoms with E-state index in [9.17, 15) is 9.59 Å². The summed E-state index contributed by atoms with van der Waals surface area (Å²) in [5, 5.41) is 7.58. The van der Waals surface area contributed by atoms with Crippen LogP contribution in [0.2, 0.25) is 0 Å². The molecule has 178 valence electrons. The van der Waals surface area contributed by atoms with E-state index < -0.39 is 5.41 Å². The van der Waals surface area contributed by atoms with Crippen LogP contribution in [-0.4, -0.2) is 70.3 Å². The van der Waals surface area contributed by atoms with Crippen molar-refractivity contribution in [3.8, 4) is 0 Å². The van der Waals surface area contributed by atoms with E-state index in [1.807, 2.05) is 9.80 Å². The highest BCUT2D eigenvalue weighted by molar-refractivity contribution is 5.86. The average Bonchev–Trinajstić information content (AvgIpc) is 3.69. The van der Waals surface area contributed by atoms with Crippen molar-refractivity contribution >= 4 is 12.0 Å². The number of ether oxygens (including phenoxy) is 1. The molecule has 2 amide bonds. The fraction of sp³-hybridized carbons (Fsp3) is 0.615. The predicted octanol–water partition coefficient (Wildman–Crippen LogP) is 3.29. The zero-order valence-electron chi connectivity index (χ0n) is 19.6. The number of esters is 1. The third-order valence-corrected chi connectivity index (χ3v) is 8.94. The molecule has 1 N–H and O–H groups in total. The highest BCUT2D eigenvalue weighted by Gasteiger charge is 2.56. The molecule has 3 aliphatic carbocycles. The maximum Gasteiger partial charge on any atom is 0.320 e. The molecule has 5 aliphatic rings. The number of aromatic nitrogens is 3. The van der Waals surface area contributed by atoms with Gasteiger partial charge in [0.25, 0.3) is 0 Å². The second-order valence-electron chi connectivity index (χ2n) is 11.4. The lowest BCUT2D eigenvalue weighted by Gasteiger charge is -2.59. The molecule has 2 aromatic rings. The van der Waals surface area contributed by atoms with Gasteiger partial charge in [-0.15, -0.1) is 0 Å². The maximum absolute atomic E-state index is 12.9. The van der Waals surface area contributed by atoms with Crippen molar-refractivity contribution < 1.29 is 14.3 Å². The van der Waals surface area contributed by atoms with E-state index >= 15 is 0 Å². The normalized spacial score (nSPS) is 24.9.